The third kappa shape index (κ3) is 3.02. The molecule has 3 rings (SSSR count). The monoisotopic (exact) mass is 281 g/mol. The molecule has 1 amide bonds. The largest absolute Gasteiger partial charge is 0.508 e. The van der Waals surface area contributed by atoms with Gasteiger partial charge in [0.2, 0.25) is 5.91 Å². The standard InChI is InChI=1S/C16H15N3O2/c20-12-7-8-13-14(10-12)18-19-16(13)17-15(21)9-6-11-4-2-1-3-5-11/h1-5,7-8,10,20H,6,9H2,(H2,17,18,19,21). The number of nitrogens with zero attached hydrogens (tertiary/aromatic N) is 1. The van der Waals surface area contributed by atoms with Crippen LogP contribution >= 0.6 is 0 Å². The molecule has 2 aromatic carbocycles. The van der Waals surface area contributed by atoms with Crippen molar-refractivity contribution >= 4 is 22.6 Å². The lowest BCUT2D eigenvalue weighted by Gasteiger charge is -2.03. The average molecular weight is 281 g/mol. The van der Waals surface area contributed by atoms with E-state index in [9.17, 15) is 9.90 Å². The summed E-state index contributed by atoms with van der Waals surface area (Å²) in [6.07, 6.45) is 1.09. The van der Waals surface area contributed by atoms with E-state index in [0.717, 1.165) is 10.9 Å². The molecule has 0 saturated carbocycles. The number of carbonyl (C=O) groups excluding carboxylic acids is 1. The zero-order valence-electron chi connectivity index (χ0n) is 11.3. The number of aromatic amines is 1. The summed E-state index contributed by atoms with van der Waals surface area (Å²) >= 11 is 0. The third-order valence-electron chi connectivity index (χ3n) is 3.29. The molecular formula is C16H15N3O2. The van der Waals surface area contributed by atoms with Gasteiger partial charge < -0.3 is 10.4 Å². The predicted octanol–water partition coefficient (Wildman–Crippen LogP) is 2.84. The highest BCUT2D eigenvalue weighted by atomic mass is 16.3. The Morgan fingerprint density at radius 3 is 2.81 bits per heavy atom. The van der Waals surface area contributed by atoms with Gasteiger partial charge in [-0.25, -0.2) is 0 Å². The van der Waals surface area contributed by atoms with Gasteiger partial charge in [0.1, 0.15) is 5.75 Å². The molecule has 1 heterocycles. The van der Waals surface area contributed by atoms with E-state index >= 15 is 0 Å². The number of rotatable bonds is 4. The Balaban J connectivity index is 1.66. The number of amides is 1. The summed E-state index contributed by atoms with van der Waals surface area (Å²) in [5.74, 6) is 0.566. The van der Waals surface area contributed by atoms with Gasteiger partial charge in [0.05, 0.1) is 5.52 Å². The van der Waals surface area contributed by atoms with Gasteiger partial charge in [-0.15, -0.1) is 0 Å². The minimum absolute atomic E-state index is 0.0830. The number of nitrogens with one attached hydrogen (secondary N) is 2. The van der Waals surface area contributed by atoms with E-state index in [-0.39, 0.29) is 11.7 Å². The SMILES string of the molecule is O=C(CCc1ccccc1)Nc1n[nH]c2cc(O)ccc12. The number of benzene rings is 2. The smallest absolute Gasteiger partial charge is 0.225 e. The Bertz CT molecular complexity index is 766. The number of hydrogen-bond acceptors (Lipinski definition) is 3. The van der Waals surface area contributed by atoms with Crippen molar-refractivity contribution in [2.75, 3.05) is 5.32 Å². The Labute approximate surface area is 121 Å². The molecule has 0 unspecified atom stereocenters. The molecule has 0 aliphatic heterocycles. The Kier molecular flexibility index (Phi) is 3.55. The molecular weight excluding hydrogens is 266 g/mol. The van der Waals surface area contributed by atoms with Crippen LogP contribution in [0.5, 0.6) is 5.75 Å². The Hall–Kier alpha value is -2.82. The fourth-order valence-corrected chi connectivity index (χ4v) is 2.20. The van der Waals surface area contributed by atoms with Gasteiger partial charge >= 0.3 is 0 Å². The molecule has 0 atom stereocenters. The van der Waals surface area contributed by atoms with Gasteiger partial charge in [0, 0.05) is 17.9 Å². The van der Waals surface area contributed by atoms with Crippen LogP contribution in [0.2, 0.25) is 0 Å². The lowest BCUT2D eigenvalue weighted by Crippen LogP contribution is -2.12. The second-order valence-electron chi connectivity index (χ2n) is 4.84. The van der Waals surface area contributed by atoms with Crippen molar-refractivity contribution in [3.8, 4) is 5.75 Å². The van der Waals surface area contributed by atoms with E-state index in [1.807, 2.05) is 30.3 Å². The first-order chi connectivity index (χ1) is 10.2. The number of carbonyl (C=O) groups is 1. The summed E-state index contributed by atoms with van der Waals surface area (Å²) in [6.45, 7) is 0. The zero-order valence-corrected chi connectivity index (χ0v) is 11.3. The van der Waals surface area contributed by atoms with Crippen molar-refractivity contribution < 1.29 is 9.90 Å². The highest BCUT2D eigenvalue weighted by molar-refractivity contribution is 5.99. The predicted molar refractivity (Wildman–Crippen MR) is 81.2 cm³/mol. The molecule has 0 radical (unpaired) electrons. The molecule has 0 spiro atoms. The Morgan fingerprint density at radius 1 is 1.19 bits per heavy atom. The fourth-order valence-electron chi connectivity index (χ4n) is 2.20. The first-order valence-electron chi connectivity index (χ1n) is 6.73. The van der Waals surface area contributed by atoms with Gasteiger partial charge in [-0.05, 0) is 24.1 Å². The Morgan fingerprint density at radius 2 is 2.00 bits per heavy atom. The van der Waals surface area contributed by atoms with Gasteiger partial charge in [-0.2, -0.15) is 5.10 Å². The first-order valence-corrected chi connectivity index (χ1v) is 6.73. The van der Waals surface area contributed by atoms with Gasteiger partial charge in [-0.1, -0.05) is 30.3 Å². The topological polar surface area (TPSA) is 78.0 Å². The quantitative estimate of drug-likeness (QED) is 0.688. The van der Waals surface area contributed by atoms with Crippen molar-refractivity contribution in [2.45, 2.75) is 12.8 Å². The number of phenolic OH excluding ortho intramolecular Hbond substituents is 1. The molecule has 0 bridgehead atoms. The highest BCUT2D eigenvalue weighted by Gasteiger charge is 2.09. The van der Waals surface area contributed by atoms with E-state index in [4.69, 9.17) is 0 Å². The average Bonchev–Trinajstić information content (AvgIpc) is 2.88. The summed E-state index contributed by atoms with van der Waals surface area (Å²) in [4.78, 5) is 12.0. The maximum Gasteiger partial charge on any atom is 0.225 e. The van der Waals surface area contributed by atoms with Gasteiger partial charge in [-0.3, -0.25) is 9.89 Å². The zero-order chi connectivity index (χ0) is 14.7. The number of H-pyrrole nitrogens is 1. The summed E-state index contributed by atoms with van der Waals surface area (Å²) in [5.41, 5.74) is 1.82. The number of aromatic hydroxyl groups is 1. The molecule has 0 aliphatic rings. The molecule has 0 saturated heterocycles. The lowest BCUT2D eigenvalue weighted by molar-refractivity contribution is -0.116. The van der Waals surface area contributed by atoms with Crippen LogP contribution in [-0.2, 0) is 11.2 Å². The van der Waals surface area contributed by atoms with Crippen LogP contribution in [0.1, 0.15) is 12.0 Å². The molecule has 5 heteroatoms. The van der Waals surface area contributed by atoms with E-state index in [2.05, 4.69) is 15.5 Å². The second-order valence-corrected chi connectivity index (χ2v) is 4.84. The normalized spacial score (nSPS) is 10.7. The van der Waals surface area contributed by atoms with Crippen molar-refractivity contribution in [2.24, 2.45) is 0 Å². The van der Waals surface area contributed by atoms with Crippen LogP contribution < -0.4 is 5.32 Å². The van der Waals surface area contributed by atoms with Crippen LogP contribution in [-0.4, -0.2) is 21.2 Å². The third-order valence-corrected chi connectivity index (χ3v) is 3.29. The van der Waals surface area contributed by atoms with Crippen molar-refractivity contribution in [1.82, 2.24) is 10.2 Å². The van der Waals surface area contributed by atoms with Crippen LogP contribution in [0.4, 0.5) is 5.82 Å². The first kappa shape index (κ1) is 13.2. The molecule has 3 N–H and O–H groups in total. The molecule has 3 aromatic rings. The number of fused-ring (bicyclic) bond motifs is 1. The molecule has 1 aromatic heterocycles. The lowest BCUT2D eigenvalue weighted by atomic mass is 10.1. The summed E-state index contributed by atoms with van der Waals surface area (Å²) in [6, 6.07) is 14.7. The minimum atomic E-state index is -0.0830. The molecule has 5 nitrogen and oxygen atoms in total. The molecule has 0 fully saturated rings. The summed E-state index contributed by atoms with van der Waals surface area (Å²) in [5, 5.41) is 19.8. The van der Waals surface area contributed by atoms with E-state index < -0.39 is 0 Å². The summed E-state index contributed by atoms with van der Waals surface area (Å²) in [7, 11) is 0. The number of aromatic nitrogens is 2. The van der Waals surface area contributed by atoms with Crippen molar-refractivity contribution in [3.05, 3.63) is 54.1 Å². The van der Waals surface area contributed by atoms with E-state index in [1.54, 1.807) is 18.2 Å². The fraction of sp³-hybridized carbons (Fsp3) is 0.125. The summed E-state index contributed by atoms with van der Waals surface area (Å²) < 4.78 is 0. The second kappa shape index (κ2) is 5.66. The number of phenols is 1. The number of aryl methyl sites for hydroxylation is 1. The molecule has 21 heavy (non-hydrogen) atoms. The molecule has 0 aliphatic carbocycles. The van der Waals surface area contributed by atoms with Crippen LogP contribution in [0.15, 0.2) is 48.5 Å². The van der Waals surface area contributed by atoms with E-state index in [0.29, 0.717) is 24.2 Å². The highest BCUT2D eigenvalue weighted by Crippen LogP contribution is 2.24. The minimum Gasteiger partial charge on any atom is -0.508 e. The van der Waals surface area contributed by atoms with Crippen LogP contribution in [0, 0.1) is 0 Å². The van der Waals surface area contributed by atoms with E-state index in [1.165, 1.54) is 0 Å². The van der Waals surface area contributed by atoms with Gasteiger partial charge in [0.25, 0.3) is 0 Å². The maximum atomic E-state index is 12.0. The van der Waals surface area contributed by atoms with Crippen molar-refractivity contribution in [1.29, 1.82) is 0 Å². The van der Waals surface area contributed by atoms with Crippen LogP contribution in [0.25, 0.3) is 10.9 Å². The maximum absolute atomic E-state index is 12.0. The number of hydrogen-bond donors (Lipinski definition) is 3. The number of anilines is 1. The molecule has 106 valence electrons. The van der Waals surface area contributed by atoms with Crippen molar-refractivity contribution in [3.63, 3.8) is 0 Å². The van der Waals surface area contributed by atoms with Gasteiger partial charge in [0.15, 0.2) is 5.82 Å². The van der Waals surface area contributed by atoms with Crippen LogP contribution in [0.3, 0.4) is 0 Å².